The molecule has 0 bridgehead atoms. The van der Waals surface area contributed by atoms with Gasteiger partial charge in [0.25, 0.3) is 0 Å². The molecule has 4 nitrogen and oxygen atoms in total. The molecule has 3 rings (SSSR count). The van der Waals surface area contributed by atoms with Crippen molar-refractivity contribution in [1.29, 1.82) is 0 Å². The van der Waals surface area contributed by atoms with E-state index in [2.05, 4.69) is 61.0 Å². The van der Waals surface area contributed by atoms with Crippen molar-refractivity contribution in [2.24, 2.45) is 0 Å². The second-order valence-electron chi connectivity index (χ2n) is 7.22. The van der Waals surface area contributed by atoms with E-state index in [4.69, 9.17) is 16.3 Å². The second-order valence-corrected chi connectivity index (χ2v) is 7.63. The smallest absolute Gasteiger partial charge is 0.138 e. The van der Waals surface area contributed by atoms with Crippen LogP contribution < -0.4 is 4.74 Å². The molecular formula is C23H26ClN3O. The van der Waals surface area contributed by atoms with Crippen LogP contribution in [0.3, 0.4) is 0 Å². The highest BCUT2D eigenvalue weighted by Gasteiger charge is 2.14. The largest absolute Gasteiger partial charge is 0.492 e. The summed E-state index contributed by atoms with van der Waals surface area (Å²) in [5.41, 5.74) is 6.11. The van der Waals surface area contributed by atoms with Gasteiger partial charge in [0.15, 0.2) is 0 Å². The lowest BCUT2D eigenvalue weighted by atomic mass is 9.99. The van der Waals surface area contributed by atoms with E-state index in [9.17, 15) is 0 Å². The van der Waals surface area contributed by atoms with Crippen LogP contribution in [0.5, 0.6) is 5.75 Å². The van der Waals surface area contributed by atoms with Crippen molar-refractivity contribution >= 4 is 11.6 Å². The van der Waals surface area contributed by atoms with Gasteiger partial charge in [-0.15, -0.1) is 0 Å². The molecule has 3 aromatic rings. The molecule has 28 heavy (non-hydrogen) atoms. The Morgan fingerprint density at radius 3 is 2.43 bits per heavy atom. The summed E-state index contributed by atoms with van der Waals surface area (Å²) in [6.07, 6.45) is 4.38. The Bertz CT molecular complexity index is 956. The molecule has 1 heterocycles. The zero-order valence-corrected chi connectivity index (χ0v) is 17.6. The van der Waals surface area contributed by atoms with Crippen LogP contribution in [0.15, 0.2) is 48.8 Å². The molecule has 0 radical (unpaired) electrons. The molecule has 5 heteroatoms. The number of aryl methyl sites for hydroxylation is 2. The van der Waals surface area contributed by atoms with Crippen molar-refractivity contribution in [3.63, 3.8) is 0 Å². The van der Waals surface area contributed by atoms with Crippen molar-refractivity contribution in [2.75, 3.05) is 27.2 Å². The minimum atomic E-state index is 0.602. The van der Waals surface area contributed by atoms with Gasteiger partial charge in [0.1, 0.15) is 5.75 Å². The third-order valence-electron chi connectivity index (χ3n) is 4.55. The van der Waals surface area contributed by atoms with Gasteiger partial charge in [-0.2, -0.15) is 0 Å². The fraction of sp³-hybridized carbons (Fsp3) is 0.304. The van der Waals surface area contributed by atoms with Gasteiger partial charge in [-0.25, -0.2) is 0 Å². The zero-order chi connectivity index (χ0) is 20.1. The van der Waals surface area contributed by atoms with Gasteiger partial charge in [0.05, 0.1) is 23.0 Å². The van der Waals surface area contributed by atoms with E-state index in [0.29, 0.717) is 17.4 Å². The molecule has 0 amide bonds. The van der Waals surface area contributed by atoms with Crippen molar-refractivity contribution < 1.29 is 4.74 Å². The highest BCUT2D eigenvalue weighted by molar-refractivity contribution is 6.32. The molecule has 0 unspecified atom stereocenters. The maximum atomic E-state index is 6.35. The lowest BCUT2D eigenvalue weighted by molar-refractivity contribution is 0.282. The molecule has 0 aliphatic rings. The van der Waals surface area contributed by atoms with Crippen LogP contribution in [0.4, 0.5) is 0 Å². The Labute approximate surface area is 172 Å². The first kappa shape index (κ1) is 20.3. The first-order chi connectivity index (χ1) is 13.5. The molecular weight excluding hydrogens is 370 g/mol. The van der Waals surface area contributed by atoms with Crippen LogP contribution in [-0.4, -0.2) is 42.1 Å². The summed E-state index contributed by atoms with van der Waals surface area (Å²) in [6, 6.07) is 12.1. The Morgan fingerprint density at radius 1 is 0.964 bits per heavy atom. The number of hydrogen-bond donors (Lipinski definition) is 0. The van der Waals surface area contributed by atoms with E-state index in [1.807, 2.05) is 18.2 Å². The molecule has 0 atom stereocenters. The van der Waals surface area contributed by atoms with E-state index in [0.717, 1.165) is 35.5 Å². The van der Waals surface area contributed by atoms with Gasteiger partial charge >= 0.3 is 0 Å². The maximum Gasteiger partial charge on any atom is 0.138 e. The standard InChI is InChI=1S/C23H26ClN3O/c1-16-6-8-19(17(2)14-16)23-22(25-10-11-26-23)18-7-9-20(24)21(15-18)28-13-5-12-27(3)4/h6-11,14-15H,5,12-13H2,1-4H3. The van der Waals surface area contributed by atoms with E-state index in [1.54, 1.807) is 12.4 Å². The van der Waals surface area contributed by atoms with Crippen molar-refractivity contribution in [3.8, 4) is 28.3 Å². The highest BCUT2D eigenvalue weighted by Crippen LogP contribution is 2.35. The predicted molar refractivity (Wildman–Crippen MR) is 116 cm³/mol. The molecule has 146 valence electrons. The van der Waals surface area contributed by atoms with Gasteiger partial charge in [0, 0.05) is 30.1 Å². The van der Waals surface area contributed by atoms with Crippen LogP contribution in [-0.2, 0) is 0 Å². The average molecular weight is 396 g/mol. The molecule has 0 saturated carbocycles. The van der Waals surface area contributed by atoms with Crippen LogP contribution in [0.1, 0.15) is 17.5 Å². The number of benzene rings is 2. The van der Waals surface area contributed by atoms with E-state index >= 15 is 0 Å². The lowest BCUT2D eigenvalue weighted by Gasteiger charge is -2.14. The van der Waals surface area contributed by atoms with Gasteiger partial charge < -0.3 is 9.64 Å². The SMILES string of the molecule is Cc1ccc(-c2nccnc2-c2ccc(Cl)c(OCCCN(C)C)c2)c(C)c1. The molecule has 0 aliphatic heterocycles. The quantitative estimate of drug-likeness (QED) is 0.501. The number of ether oxygens (including phenoxy) is 1. The normalized spacial score (nSPS) is 11.1. The van der Waals surface area contributed by atoms with Crippen LogP contribution >= 0.6 is 11.6 Å². The number of hydrogen-bond acceptors (Lipinski definition) is 4. The summed E-state index contributed by atoms with van der Waals surface area (Å²) < 4.78 is 5.93. The second kappa shape index (κ2) is 9.18. The summed E-state index contributed by atoms with van der Waals surface area (Å²) >= 11 is 6.35. The third-order valence-corrected chi connectivity index (χ3v) is 4.86. The summed E-state index contributed by atoms with van der Waals surface area (Å²) in [7, 11) is 4.10. The topological polar surface area (TPSA) is 38.3 Å². The molecule has 0 fully saturated rings. The molecule has 0 spiro atoms. The molecule has 0 N–H and O–H groups in total. The Morgan fingerprint density at radius 2 is 1.71 bits per heavy atom. The van der Waals surface area contributed by atoms with E-state index in [-0.39, 0.29) is 0 Å². The fourth-order valence-corrected chi connectivity index (χ4v) is 3.32. The average Bonchev–Trinajstić information content (AvgIpc) is 2.66. The van der Waals surface area contributed by atoms with Gasteiger partial charge in [-0.1, -0.05) is 41.4 Å². The monoisotopic (exact) mass is 395 g/mol. The summed E-state index contributed by atoms with van der Waals surface area (Å²) in [4.78, 5) is 11.4. The Balaban J connectivity index is 1.93. The van der Waals surface area contributed by atoms with Crippen molar-refractivity contribution in [2.45, 2.75) is 20.3 Å². The third kappa shape index (κ3) is 4.89. The molecule has 1 aromatic heterocycles. The summed E-state index contributed by atoms with van der Waals surface area (Å²) in [6.45, 7) is 5.78. The van der Waals surface area contributed by atoms with Gasteiger partial charge in [0.2, 0.25) is 0 Å². The number of nitrogens with zero attached hydrogens (tertiary/aromatic N) is 3. The molecule has 2 aromatic carbocycles. The van der Waals surface area contributed by atoms with Gasteiger partial charge in [-0.05, 0) is 52.1 Å². The zero-order valence-electron chi connectivity index (χ0n) is 16.9. The summed E-state index contributed by atoms with van der Waals surface area (Å²) in [5, 5.41) is 0.602. The van der Waals surface area contributed by atoms with Crippen LogP contribution in [0.2, 0.25) is 5.02 Å². The van der Waals surface area contributed by atoms with Crippen molar-refractivity contribution in [1.82, 2.24) is 14.9 Å². The fourth-order valence-electron chi connectivity index (χ4n) is 3.15. The lowest BCUT2D eigenvalue weighted by Crippen LogP contribution is -2.15. The minimum absolute atomic E-state index is 0.602. The molecule has 0 aliphatic carbocycles. The summed E-state index contributed by atoms with van der Waals surface area (Å²) in [5.74, 6) is 0.676. The van der Waals surface area contributed by atoms with E-state index < -0.39 is 0 Å². The Kier molecular flexibility index (Phi) is 6.65. The molecule has 0 saturated heterocycles. The number of rotatable bonds is 7. The maximum absolute atomic E-state index is 6.35. The first-order valence-electron chi connectivity index (χ1n) is 9.42. The predicted octanol–water partition coefficient (Wildman–Crippen LogP) is 5.41. The van der Waals surface area contributed by atoms with Crippen LogP contribution in [0.25, 0.3) is 22.5 Å². The minimum Gasteiger partial charge on any atom is -0.492 e. The first-order valence-corrected chi connectivity index (χ1v) is 9.79. The number of halogens is 1. The van der Waals surface area contributed by atoms with Gasteiger partial charge in [-0.3, -0.25) is 9.97 Å². The number of aromatic nitrogens is 2. The Hall–Kier alpha value is -2.43. The van der Waals surface area contributed by atoms with Crippen molar-refractivity contribution in [3.05, 3.63) is 64.9 Å². The highest BCUT2D eigenvalue weighted by atomic mass is 35.5. The van der Waals surface area contributed by atoms with E-state index in [1.165, 1.54) is 11.1 Å². The van der Waals surface area contributed by atoms with Crippen LogP contribution in [0, 0.1) is 13.8 Å².